The quantitative estimate of drug-likeness (QED) is 0.101. The second kappa shape index (κ2) is 19.4. The van der Waals surface area contributed by atoms with Gasteiger partial charge in [0.2, 0.25) is 17.7 Å². The Bertz CT molecular complexity index is 4000. The van der Waals surface area contributed by atoms with Crippen LogP contribution in [0, 0.1) is 12.7 Å². The summed E-state index contributed by atoms with van der Waals surface area (Å²) < 4.78 is 67.9. The van der Waals surface area contributed by atoms with Gasteiger partial charge >= 0.3 is 15.9 Å². The highest BCUT2D eigenvalue weighted by molar-refractivity contribution is 7.92. The van der Waals surface area contributed by atoms with E-state index in [1.54, 1.807) is 51.2 Å². The average molecular weight is 1010 g/mol. The van der Waals surface area contributed by atoms with E-state index in [2.05, 4.69) is 5.32 Å². The maximum atomic E-state index is 16.4. The van der Waals surface area contributed by atoms with E-state index in [4.69, 9.17) is 24.3 Å². The normalized spacial score (nSPS) is 13.1. The van der Waals surface area contributed by atoms with E-state index < -0.39 is 40.1 Å². The van der Waals surface area contributed by atoms with Gasteiger partial charge in [-0.3, -0.25) is 23.4 Å². The number of hydrogen-bond donors (Lipinski definition) is 2. The standard InChI is InChI=1S/C56H45FN8O8S/c1-35-44-27-39(40-19-23-46-48(28-40)62(2)56(68)65(46)47-24-25-52(72-33-37-14-8-4-9-15-37)59-55(47)73-34-38-16-10-5-11-17-38)18-22-45(44)63(60-35)30-50(66)58-42-20-21-43-41(26-42)29-49(71-32-36-12-6-3-7-13-36)54(53(43)57)64-31-51(67)61-74(64,69)70/h3-29H,30-34H2,1-2H3,(H,58,66)(H,61,67). The van der Waals surface area contributed by atoms with Gasteiger partial charge in [-0.05, 0) is 94.7 Å². The maximum absolute atomic E-state index is 16.4. The van der Waals surface area contributed by atoms with Crippen molar-refractivity contribution in [2.75, 3.05) is 16.2 Å². The predicted molar refractivity (Wildman–Crippen MR) is 279 cm³/mol. The lowest BCUT2D eigenvalue weighted by atomic mass is 10.0. The Labute approximate surface area is 423 Å². The van der Waals surface area contributed by atoms with Crippen molar-refractivity contribution in [1.29, 1.82) is 0 Å². The fraction of sp³-hybridized carbons (Fsp3) is 0.125. The minimum absolute atomic E-state index is 0.0122. The number of nitrogens with one attached hydrogen (secondary N) is 2. The number of carbonyl (C=O) groups excluding carboxylic acids is 2. The zero-order valence-electron chi connectivity index (χ0n) is 39.9. The van der Waals surface area contributed by atoms with Crippen LogP contribution in [0.25, 0.3) is 49.5 Å². The summed E-state index contributed by atoms with van der Waals surface area (Å²) in [5.74, 6) is -1.64. The molecule has 18 heteroatoms. The van der Waals surface area contributed by atoms with Crippen LogP contribution < -0.4 is 34.2 Å². The summed E-state index contributed by atoms with van der Waals surface area (Å²) >= 11 is 0. The van der Waals surface area contributed by atoms with Gasteiger partial charge in [0, 0.05) is 29.6 Å². The summed E-state index contributed by atoms with van der Waals surface area (Å²) in [4.78, 5) is 44.7. The van der Waals surface area contributed by atoms with Gasteiger partial charge in [-0.2, -0.15) is 18.5 Å². The van der Waals surface area contributed by atoms with Gasteiger partial charge in [0.05, 0.1) is 22.2 Å². The first-order chi connectivity index (χ1) is 35.9. The van der Waals surface area contributed by atoms with Gasteiger partial charge < -0.3 is 19.5 Å². The maximum Gasteiger partial charge on any atom is 0.333 e. The van der Waals surface area contributed by atoms with Gasteiger partial charge in [-0.1, -0.05) is 103 Å². The molecule has 0 unspecified atom stereocenters. The Morgan fingerprint density at radius 1 is 0.703 bits per heavy atom. The minimum atomic E-state index is -4.38. The molecule has 3 aromatic heterocycles. The van der Waals surface area contributed by atoms with Crippen molar-refractivity contribution in [3.05, 3.63) is 202 Å². The van der Waals surface area contributed by atoms with Crippen molar-refractivity contribution < 1.29 is 36.6 Å². The molecule has 1 aliphatic heterocycles. The molecule has 16 nitrogen and oxygen atoms in total. The summed E-state index contributed by atoms with van der Waals surface area (Å²) in [7, 11) is -2.66. The number of benzene rings is 7. The number of rotatable bonds is 15. The summed E-state index contributed by atoms with van der Waals surface area (Å²) in [6, 6.07) is 49.7. The second-order valence-electron chi connectivity index (χ2n) is 17.7. The zero-order valence-corrected chi connectivity index (χ0v) is 40.7. The molecule has 7 aromatic carbocycles. The third kappa shape index (κ3) is 9.25. The van der Waals surface area contributed by atoms with E-state index in [0.29, 0.717) is 55.8 Å². The van der Waals surface area contributed by atoms with Crippen LogP contribution in [0.3, 0.4) is 0 Å². The number of nitrogens with zero attached hydrogens (tertiary/aromatic N) is 6. The van der Waals surface area contributed by atoms with Crippen molar-refractivity contribution in [2.24, 2.45) is 7.05 Å². The second-order valence-corrected chi connectivity index (χ2v) is 19.3. The molecule has 0 bridgehead atoms. The van der Waals surface area contributed by atoms with Crippen LogP contribution in [0.15, 0.2) is 169 Å². The first-order valence-electron chi connectivity index (χ1n) is 23.5. The van der Waals surface area contributed by atoms with Crippen LogP contribution in [-0.4, -0.2) is 50.7 Å². The molecular formula is C56H45FN8O8S. The van der Waals surface area contributed by atoms with Crippen molar-refractivity contribution in [3.8, 4) is 34.3 Å². The van der Waals surface area contributed by atoms with Gasteiger partial charge in [-0.25, -0.2) is 18.2 Å². The lowest BCUT2D eigenvalue weighted by molar-refractivity contribution is -0.117. The summed E-state index contributed by atoms with van der Waals surface area (Å²) in [5.41, 5.74) is 7.22. The molecule has 74 heavy (non-hydrogen) atoms. The number of pyridine rings is 1. The summed E-state index contributed by atoms with van der Waals surface area (Å²) in [5, 5.41) is 8.78. The van der Waals surface area contributed by atoms with Gasteiger partial charge in [-0.15, -0.1) is 0 Å². The molecule has 1 fully saturated rings. The van der Waals surface area contributed by atoms with E-state index >= 15 is 4.39 Å². The highest BCUT2D eigenvalue weighted by Crippen LogP contribution is 2.41. The number of amides is 2. The third-order valence-electron chi connectivity index (χ3n) is 12.7. The van der Waals surface area contributed by atoms with E-state index in [9.17, 15) is 22.8 Å². The molecule has 0 aliphatic carbocycles. The Morgan fingerprint density at radius 2 is 1.34 bits per heavy atom. The van der Waals surface area contributed by atoms with Crippen molar-refractivity contribution in [1.82, 2.24) is 28.6 Å². The highest BCUT2D eigenvalue weighted by atomic mass is 32.2. The summed E-state index contributed by atoms with van der Waals surface area (Å²) in [6.45, 7) is 1.61. The third-order valence-corrected chi connectivity index (χ3v) is 14.1. The lowest BCUT2D eigenvalue weighted by Gasteiger charge is -2.21. The van der Waals surface area contributed by atoms with E-state index in [1.807, 2.05) is 127 Å². The Kier molecular flexibility index (Phi) is 12.3. The van der Waals surface area contributed by atoms with Crippen molar-refractivity contribution in [3.63, 3.8) is 0 Å². The summed E-state index contributed by atoms with van der Waals surface area (Å²) in [6.07, 6.45) is 0. The largest absolute Gasteiger partial charge is 0.487 e. The van der Waals surface area contributed by atoms with Crippen LogP contribution in [0.4, 0.5) is 15.8 Å². The van der Waals surface area contributed by atoms with Crippen LogP contribution >= 0.6 is 0 Å². The number of halogens is 1. The first-order valence-corrected chi connectivity index (χ1v) is 24.9. The topological polar surface area (TPSA) is 181 Å². The number of ether oxygens (including phenoxy) is 3. The predicted octanol–water partition coefficient (Wildman–Crippen LogP) is 8.90. The molecule has 1 saturated heterocycles. The Morgan fingerprint density at radius 3 is 2.00 bits per heavy atom. The van der Waals surface area contributed by atoms with Gasteiger partial charge in [0.15, 0.2) is 5.82 Å². The molecule has 0 radical (unpaired) electrons. The number of anilines is 2. The minimum Gasteiger partial charge on any atom is -0.487 e. The van der Waals surface area contributed by atoms with Crippen molar-refractivity contribution in [2.45, 2.75) is 33.3 Å². The van der Waals surface area contributed by atoms with Crippen LogP contribution in [0.2, 0.25) is 0 Å². The monoisotopic (exact) mass is 1010 g/mol. The molecule has 11 rings (SSSR count). The van der Waals surface area contributed by atoms with Crippen LogP contribution in [0.1, 0.15) is 22.4 Å². The number of imidazole rings is 1. The van der Waals surface area contributed by atoms with Gasteiger partial charge in [0.1, 0.15) is 50.0 Å². The number of aromatic nitrogens is 5. The average Bonchev–Trinajstić information content (AvgIpc) is 3.99. The molecular weight excluding hydrogens is 964 g/mol. The fourth-order valence-electron chi connectivity index (χ4n) is 9.09. The fourth-order valence-corrected chi connectivity index (χ4v) is 10.2. The number of fused-ring (bicyclic) bond motifs is 3. The number of hydrogen-bond acceptors (Lipinski definition) is 10. The highest BCUT2D eigenvalue weighted by Gasteiger charge is 2.38. The molecule has 10 aromatic rings. The Hall–Kier alpha value is -9.29. The number of aryl methyl sites for hydroxylation is 2. The van der Waals surface area contributed by atoms with Crippen LogP contribution in [0.5, 0.6) is 17.5 Å². The molecule has 0 spiro atoms. The Balaban J connectivity index is 0.844. The first kappa shape index (κ1) is 47.1. The van der Waals surface area contributed by atoms with Crippen molar-refractivity contribution >= 4 is 66.1 Å². The molecule has 0 atom stereocenters. The van der Waals surface area contributed by atoms with E-state index in [-0.39, 0.29) is 42.5 Å². The molecule has 2 N–H and O–H groups in total. The van der Waals surface area contributed by atoms with E-state index in [0.717, 1.165) is 33.2 Å². The zero-order chi connectivity index (χ0) is 51.1. The number of carbonyl (C=O) groups is 2. The van der Waals surface area contributed by atoms with E-state index in [1.165, 1.54) is 18.2 Å². The molecule has 0 saturated carbocycles. The smallest absolute Gasteiger partial charge is 0.333 e. The molecule has 4 heterocycles. The molecule has 370 valence electrons. The van der Waals surface area contributed by atoms with Crippen LogP contribution in [-0.2, 0) is 53.2 Å². The SMILES string of the molecule is Cc1nn(CC(=O)Nc2ccc3c(F)c(N4CC(=O)NS4(=O)=O)c(OCc4ccccc4)cc3c2)c2ccc(-c3ccc4c(c3)n(C)c(=O)n4-c3ccc(OCc4ccccc4)nc3OCc3ccccc3)cc12. The molecule has 1 aliphatic rings. The lowest BCUT2D eigenvalue weighted by Crippen LogP contribution is -2.30. The molecule has 2 amide bonds. The van der Waals surface area contributed by atoms with Gasteiger partial charge in [0.25, 0.3) is 5.91 Å².